The van der Waals surface area contributed by atoms with Crippen LogP contribution in [0.4, 0.5) is 10.6 Å². The summed E-state index contributed by atoms with van der Waals surface area (Å²) < 4.78 is 0. The average Bonchev–Trinajstić information content (AvgIpc) is 3.28. The topological polar surface area (TPSA) is 87.2 Å². The molecule has 2 saturated heterocycles. The molecule has 1 saturated carbocycles. The van der Waals surface area contributed by atoms with Gasteiger partial charge >= 0.3 is 6.03 Å². The van der Waals surface area contributed by atoms with Gasteiger partial charge in [0.15, 0.2) is 0 Å². The van der Waals surface area contributed by atoms with Crippen LogP contribution in [0.25, 0.3) is 0 Å². The van der Waals surface area contributed by atoms with E-state index in [0.717, 1.165) is 37.4 Å². The van der Waals surface area contributed by atoms with Gasteiger partial charge in [-0.3, -0.25) is 10.1 Å². The molecule has 1 atom stereocenters. The highest BCUT2D eigenvalue weighted by molar-refractivity contribution is 6.07. The molecule has 7 heteroatoms. The Bertz CT molecular complexity index is 615. The SMILES string of the molecule is O=C1NC(=O)C2(CCCN(c3ccnc(C4CC4)n3)C2)N1. The molecule has 1 unspecified atom stereocenters. The van der Waals surface area contributed by atoms with E-state index in [1.807, 2.05) is 6.07 Å². The molecule has 1 aliphatic carbocycles. The van der Waals surface area contributed by atoms with Crippen LogP contribution in [0.2, 0.25) is 0 Å². The molecule has 110 valence electrons. The molecule has 4 rings (SSSR count). The highest BCUT2D eigenvalue weighted by atomic mass is 16.2. The van der Waals surface area contributed by atoms with E-state index < -0.39 is 11.6 Å². The van der Waals surface area contributed by atoms with Gasteiger partial charge in [0.05, 0.1) is 6.54 Å². The highest BCUT2D eigenvalue weighted by Crippen LogP contribution is 2.38. The second kappa shape index (κ2) is 4.41. The standard InChI is InChI=1S/C14H17N5O2/c20-12-14(18-13(21)17-12)5-1-7-19(8-14)10-4-6-15-11(16-10)9-2-3-9/h4,6,9H,1-3,5,7-8H2,(H2,17,18,20,21). The number of aromatic nitrogens is 2. The van der Waals surface area contributed by atoms with Gasteiger partial charge in [0, 0.05) is 18.7 Å². The molecule has 1 aromatic rings. The molecule has 0 bridgehead atoms. The third-order valence-electron chi connectivity index (χ3n) is 4.43. The number of amides is 3. The van der Waals surface area contributed by atoms with Crippen molar-refractivity contribution < 1.29 is 9.59 Å². The Morgan fingerprint density at radius 1 is 1.33 bits per heavy atom. The Labute approximate surface area is 122 Å². The largest absolute Gasteiger partial charge is 0.354 e. The van der Waals surface area contributed by atoms with Gasteiger partial charge in [-0.05, 0) is 31.7 Å². The molecule has 0 radical (unpaired) electrons. The molecular formula is C14H17N5O2. The van der Waals surface area contributed by atoms with Crippen LogP contribution >= 0.6 is 0 Å². The minimum Gasteiger partial charge on any atom is -0.354 e. The fraction of sp³-hybridized carbons (Fsp3) is 0.571. The smallest absolute Gasteiger partial charge is 0.322 e. The summed E-state index contributed by atoms with van der Waals surface area (Å²) in [5.41, 5.74) is -0.806. The predicted molar refractivity (Wildman–Crippen MR) is 74.9 cm³/mol. The first-order valence-electron chi connectivity index (χ1n) is 7.38. The number of hydrogen-bond acceptors (Lipinski definition) is 5. The molecule has 0 aromatic carbocycles. The highest BCUT2D eigenvalue weighted by Gasteiger charge is 2.49. The summed E-state index contributed by atoms with van der Waals surface area (Å²) in [6, 6.07) is 1.47. The van der Waals surface area contributed by atoms with Crippen LogP contribution < -0.4 is 15.5 Å². The first-order valence-corrected chi connectivity index (χ1v) is 7.38. The van der Waals surface area contributed by atoms with E-state index in [4.69, 9.17) is 0 Å². The minimum absolute atomic E-state index is 0.228. The zero-order valence-electron chi connectivity index (χ0n) is 11.6. The van der Waals surface area contributed by atoms with Crippen molar-refractivity contribution in [3.8, 4) is 0 Å². The molecule has 1 spiro atoms. The summed E-state index contributed by atoms with van der Waals surface area (Å²) in [7, 11) is 0. The van der Waals surface area contributed by atoms with Crippen molar-refractivity contribution in [3.05, 3.63) is 18.1 Å². The molecule has 3 amide bonds. The first kappa shape index (κ1) is 12.6. The van der Waals surface area contributed by atoms with E-state index >= 15 is 0 Å². The number of urea groups is 1. The van der Waals surface area contributed by atoms with E-state index in [1.54, 1.807) is 6.20 Å². The Morgan fingerprint density at radius 3 is 2.90 bits per heavy atom. The molecule has 21 heavy (non-hydrogen) atoms. The number of rotatable bonds is 2. The van der Waals surface area contributed by atoms with Gasteiger partial charge in [-0.1, -0.05) is 0 Å². The first-order chi connectivity index (χ1) is 10.2. The number of carbonyl (C=O) groups excluding carboxylic acids is 2. The zero-order chi connectivity index (χ0) is 14.4. The molecule has 2 aliphatic heterocycles. The Morgan fingerprint density at radius 2 is 2.19 bits per heavy atom. The van der Waals surface area contributed by atoms with Crippen LogP contribution in [0.15, 0.2) is 12.3 Å². The monoisotopic (exact) mass is 287 g/mol. The minimum atomic E-state index is -0.806. The summed E-state index contributed by atoms with van der Waals surface area (Å²) in [4.78, 5) is 34.5. The number of nitrogens with one attached hydrogen (secondary N) is 2. The molecule has 1 aromatic heterocycles. The van der Waals surface area contributed by atoms with Crippen LogP contribution in [-0.2, 0) is 4.79 Å². The van der Waals surface area contributed by atoms with Gasteiger partial charge < -0.3 is 10.2 Å². The molecule has 7 nitrogen and oxygen atoms in total. The lowest BCUT2D eigenvalue weighted by atomic mass is 9.89. The fourth-order valence-corrected chi connectivity index (χ4v) is 3.14. The van der Waals surface area contributed by atoms with Crippen molar-refractivity contribution >= 4 is 17.8 Å². The summed E-state index contributed by atoms with van der Waals surface area (Å²) in [5, 5.41) is 5.12. The maximum Gasteiger partial charge on any atom is 0.322 e. The van der Waals surface area contributed by atoms with E-state index in [1.165, 1.54) is 0 Å². The number of nitrogens with zero attached hydrogens (tertiary/aromatic N) is 3. The van der Waals surface area contributed by atoms with E-state index in [0.29, 0.717) is 18.9 Å². The second-order valence-corrected chi connectivity index (χ2v) is 6.06. The van der Waals surface area contributed by atoms with Crippen molar-refractivity contribution in [3.63, 3.8) is 0 Å². The molecular weight excluding hydrogens is 270 g/mol. The van der Waals surface area contributed by atoms with Gasteiger partial charge in [-0.2, -0.15) is 0 Å². The van der Waals surface area contributed by atoms with Crippen LogP contribution in [0.3, 0.4) is 0 Å². The Hall–Kier alpha value is -2.18. The van der Waals surface area contributed by atoms with Gasteiger partial charge in [0.1, 0.15) is 17.2 Å². The van der Waals surface area contributed by atoms with Crippen molar-refractivity contribution in [2.24, 2.45) is 0 Å². The van der Waals surface area contributed by atoms with Crippen molar-refractivity contribution in [1.82, 2.24) is 20.6 Å². The van der Waals surface area contributed by atoms with Gasteiger partial charge in [0.25, 0.3) is 5.91 Å². The number of hydrogen-bond donors (Lipinski definition) is 2. The predicted octanol–water partition coefficient (Wildman–Crippen LogP) is 0.532. The summed E-state index contributed by atoms with van der Waals surface area (Å²) in [6.07, 6.45) is 5.61. The normalized spacial score (nSPS) is 28.7. The molecule has 3 heterocycles. The summed E-state index contributed by atoms with van der Waals surface area (Å²) in [6.45, 7) is 1.30. The molecule has 2 N–H and O–H groups in total. The van der Waals surface area contributed by atoms with Crippen molar-refractivity contribution in [2.75, 3.05) is 18.0 Å². The van der Waals surface area contributed by atoms with Crippen LogP contribution in [0.5, 0.6) is 0 Å². The lowest BCUT2D eigenvalue weighted by Crippen LogP contribution is -2.58. The van der Waals surface area contributed by atoms with Gasteiger partial charge in [-0.15, -0.1) is 0 Å². The van der Waals surface area contributed by atoms with Gasteiger partial charge in [-0.25, -0.2) is 14.8 Å². The number of anilines is 1. The maximum absolute atomic E-state index is 12.1. The quantitative estimate of drug-likeness (QED) is 0.775. The molecule has 3 fully saturated rings. The lowest BCUT2D eigenvalue weighted by Gasteiger charge is -2.38. The lowest BCUT2D eigenvalue weighted by molar-refractivity contribution is -0.124. The number of imide groups is 1. The van der Waals surface area contributed by atoms with E-state index in [2.05, 4.69) is 25.5 Å². The van der Waals surface area contributed by atoms with Crippen LogP contribution in [-0.4, -0.2) is 40.5 Å². The third kappa shape index (κ3) is 2.12. The Balaban J connectivity index is 1.59. The maximum atomic E-state index is 12.1. The fourth-order valence-electron chi connectivity index (χ4n) is 3.14. The van der Waals surface area contributed by atoms with E-state index in [9.17, 15) is 9.59 Å². The van der Waals surface area contributed by atoms with Gasteiger partial charge in [0.2, 0.25) is 0 Å². The molecule has 3 aliphatic rings. The number of carbonyl (C=O) groups is 2. The third-order valence-corrected chi connectivity index (χ3v) is 4.43. The number of piperidine rings is 1. The second-order valence-electron chi connectivity index (χ2n) is 6.06. The van der Waals surface area contributed by atoms with Crippen LogP contribution in [0.1, 0.15) is 37.4 Å². The summed E-state index contributed by atoms with van der Waals surface area (Å²) in [5.74, 6) is 2.01. The Kier molecular flexibility index (Phi) is 2.63. The van der Waals surface area contributed by atoms with Crippen molar-refractivity contribution in [2.45, 2.75) is 37.1 Å². The van der Waals surface area contributed by atoms with E-state index in [-0.39, 0.29) is 5.91 Å². The average molecular weight is 287 g/mol. The summed E-state index contributed by atoms with van der Waals surface area (Å²) >= 11 is 0. The zero-order valence-corrected chi connectivity index (χ0v) is 11.6. The van der Waals surface area contributed by atoms with Crippen molar-refractivity contribution in [1.29, 1.82) is 0 Å². The van der Waals surface area contributed by atoms with Crippen LogP contribution in [0, 0.1) is 0 Å².